The lowest BCUT2D eigenvalue weighted by Gasteiger charge is -2.21. The molecule has 3 unspecified atom stereocenters. The molecule has 0 aromatic rings. The minimum Gasteiger partial charge on any atom is -0.462 e. The predicted molar refractivity (Wildman–Crippen MR) is 395 cm³/mol. The molecule has 576 valence electrons. The summed E-state index contributed by atoms with van der Waals surface area (Å²) in [6.07, 6.45) is 58.3. The molecule has 0 rings (SSSR count). The van der Waals surface area contributed by atoms with E-state index in [-0.39, 0.29) is 25.7 Å². The molecule has 0 saturated carbocycles. The minimum atomic E-state index is -4.96. The fourth-order valence-corrected chi connectivity index (χ4v) is 13.6. The van der Waals surface area contributed by atoms with Crippen LogP contribution in [0.4, 0.5) is 0 Å². The number of ether oxygens (including phenoxy) is 4. The van der Waals surface area contributed by atoms with Gasteiger partial charge in [-0.25, -0.2) is 9.13 Å². The van der Waals surface area contributed by atoms with Crippen molar-refractivity contribution in [3.05, 3.63) is 0 Å². The SMILES string of the molecule is CCCCCCCCCCCCCCCCCCCC(=O)OC[C@H](COP(=O)(O)OC[C@@H](O)COP(=O)(O)OC[C@@H](COC(=O)CCCCCCCCCCC(C)C)OC(=O)CCCCCCCCCCC(C)CC)OC(=O)CCCCCCCCCCCCCCCCCCC. The van der Waals surface area contributed by atoms with Crippen LogP contribution in [-0.2, 0) is 65.4 Å². The van der Waals surface area contributed by atoms with Gasteiger partial charge in [-0.15, -0.1) is 0 Å². The van der Waals surface area contributed by atoms with Crippen molar-refractivity contribution in [1.82, 2.24) is 0 Å². The molecule has 19 heteroatoms. The standard InChI is InChI=1S/C78H152O17P2/c1-7-10-12-14-16-18-20-22-24-26-28-30-32-34-42-48-54-60-75(80)88-66-73(94-77(82)62-56-50-44-35-33-31-29-27-25-23-21-19-17-15-13-11-8-2)68-92-96(84,85)90-64-72(79)65-91-97(86,87)93-69-74(67-89-76(81)61-55-49-43-38-36-40-46-52-58-70(4)5)95-78(83)63-57-51-45-39-37-41-47-53-59-71(6)9-3/h70-74,79H,7-69H2,1-6H3,(H,84,85)(H,86,87)/t71?,72-,73-,74-/m1/s1. The molecule has 0 aliphatic rings. The topological polar surface area (TPSA) is 237 Å². The van der Waals surface area contributed by atoms with Crippen molar-refractivity contribution in [2.24, 2.45) is 11.8 Å². The Hall–Kier alpha value is -1.94. The number of rotatable bonds is 77. The molecule has 17 nitrogen and oxygen atoms in total. The summed E-state index contributed by atoms with van der Waals surface area (Å²) in [6.45, 7) is 9.58. The molecule has 0 aliphatic carbocycles. The Morgan fingerprint density at radius 2 is 0.526 bits per heavy atom. The van der Waals surface area contributed by atoms with Crippen LogP contribution in [-0.4, -0.2) is 96.7 Å². The van der Waals surface area contributed by atoms with Crippen LogP contribution >= 0.6 is 15.6 Å². The van der Waals surface area contributed by atoms with Gasteiger partial charge in [0.05, 0.1) is 26.4 Å². The van der Waals surface area contributed by atoms with Crippen molar-refractivity contribution < 1.29 is 80.2 Å². The van der Waals surface area contributed by atoms with Gasteiger partial charge in [-0.1, -0.05) is 356 Å². The third-order valence-corrected chi connectivity index (χ3v) is 20.5. The highest BCUT2D eigenvalue weighted by molar-refractivity contribution is 7.47. The maximum Gasteiger partial charge on any atom is 0.472 e. The van der Waals surface area contributed by atoms with Crippen LogP contribution in [0.1, 0.15) is 408 Å². The van der Waals surface area contributed by atoms with Crippen molar-refractivity contribution >= 4 is 39.5 Å². The Morgan fingerprint density at radius 1 is 0.299 bits per heavy atom. The van der Waals surface area contributed by atoms with Crippen LogP contribution < -0.4 is 0 Å². The summed E-state index contributed by atoms with van der Waals surface area (Å²) in [7, 11) is -9.92. The van der Waals surface area contributed by atoms with Gasteiger partial charge in [0.25, 0.3) is 0 Å². The lowest BCUT2D eigenvalue weighted by molar-refractivity contribution is -0.161. The molecule has 0 aromatic carbocycles. The fraction of sp³-hybridized carbons (Fsp3) is 0.949. The Morgan fingerprint density at radius 3 is 0.784 bits per heavy atom. The van der Waals surface area contributed by atoms with Gasteiger partial charge in [0.1, 0.15) is 19.3 Å². The van der Waals surface area contributed by atoms with Crippen molar-refractivity contribution in [2.45, 2.75) is 426 Å². The molecule has 0 saturated heterocycles. The van der Waals surface area contributed by atoms with Crippen molar-refractivity contribution in [3.8, 4) is 0 Å². The highest BCUT2D eigenvalue weighted by Gasteiger charge is 2.30. The number of hydrogen-bond donors (Lipinski definition) is 3. The van der Waals surface area contributed by atoms with Crippen molar-refractivity contribution in [1.29, 1.82) is 0 Å². The number of aliphatic hydroxyl groups is 1. The first-order valence-electron chi connectivity index (χ1n) is 40.5. The number of phosphoric ester groups is 2. The van der Waals surface area contributed by atoms with Gasteiger partial charge in [-0.3, -0.25) is 37.3 Å². The van der Waals surface area contributed by atoms with E-state index in [1.165, 1.54) is 225 Å². The van der Waals surface area contributed by atoms with E-state index in [0.29, 0.717) is 25.7 Å². The Bertz CT molecular complexity index is 1870. The van der Waals surface area contributed by atoms with E-state index in [1.807, 2.05) is 0 Å². The largest absolute Gasteiger partial charge is 0.472 e. The minimum absolute atomic E-state index is 0.105. The summed E-state index contributed by atoms with van der Waals surface area (Å²) in [5, 5.41) is 10.6. The number of esters is 4. The lowest BCUT2D eigenvalue weighted by Crippen LogP contribution is -2.30. The Kier molecular flexibility index (Phi) is 68.4. The second-order valence-corrected chi connectivity index (χ2v) is 31.7. The molecule has 0 amide bonds. The molecule has 3 N–H and O–H groups in total. The molecule has 0 bridgehead atoms. The molecule has 0 fully saturated rings. The second kappa shape index (κ2) is 69.8. The van der Waals surface area contributed by atoms with E-state index in [1.54, 1.807) is 0 Å². The van der Waals surface area contributed by atoms with Crippen molar-refractivity contribution in [3.63, 3.8) is 0 Å². The lowest BCUT2D eigenvalue weighted by atomic mass is 9.99. The Balaban J connectivity index is 5.25. The maximum atomic E-state index is 13.1. The molecular weight excluding hydrogens is 1270 g/mol. The van der Waals surface area contributed by atoms with Crippen LogP contribution in [0.5, 0.6) is 0 Å². The van der Waals surface area contributed by atoms with E-state index in [9.17, 15) is 43.2 Å². The number of carbonyl (C=O) groups is 4. The summed E-state index contributed by atoms with van der Waals surface area (Å²) in [5.41, 5.74) is 0. The number of unbranched alkanes of at least 4 members (excludes halogenated alkanes) is 46. The van der Waals surface area contributed by atoms with Gasteiger partial charge in [0, 0.05) is 25.7 Å². The zero-order chi connectivity index (χ0) is 71.4. The summed E-state index contributed by atoms with van der Waals surface area (Å²) in [4.78, 5) is 72.9. The van der Waals surface area contributed by atoms with Gasteiger partial charge < -0.3 is 33.8 Å². The first kappa shape index (κ1) is 95.1. The van der Waals surface area contributed by atoms with Crippen molar-refractivity contribution in [2.75, 3.05) is 39.6 Å². The molecule has 0 radical (unpaired) electrons. The number of carbonyl (C=O) groups excluding carboxylic acids is 4. The fourth-order valence-electron chi connectivity index (χ4n) is 12.0. The highest BCUT2D eigenvalue weighted by atomic mass is 31.2. The summed E-state index contributed by atoms with van der Waals surface area (Å²) < 4.78 is 68.6. The van der Waals surface area contributed by atoms with E-state index in [4.69, 9.17) is 37.0 Å². The van der Waals surface area contributed by atoms with Gasteiger partial charge in [0.2, 0.25) is 0 Å². The molecule has 97 heavy (non-hydrogen) atoms. The van der Waals surface area contributed by atoms with Crippen LogP contribution in [0.2, 0.25) is 0 Å². The molecule has 0 spiro atoms. The first-order valence-corrected chi connectivity index (χ1v) is 43.5. The molecule has 0 heterocycles. The summed E-state index contributed by atoms with van der Waals surface area (Å²) >= 11 is 0. The van der Waals surface area contributed by atoms with Gasteiger partial charge in [-0.05, 0) is 37.5 Å². The number of phosphoric acid groups is 2. The third-order valence-electron chi connectivity index (χ3n) is 18.6. The zero-order valence-electron chi connectivity index (χ0n) is 63.4. The molecule has 0 aromatic heterocycles. The van der Waals surface area contributed by atoms with Gasteiger partial charge in [-0.2, -0.15) is 0 Å². The molecule has 0 aliphatic heterocycles. The normalized spacial score (nSPS) is 14.2. The first-order chi connectivity index (χ1) is 46.9. The smallest absolute Gasteiger partial charge is 0.462 e. The summed E-state index contributed by atoms with van der Waals surface area (Å²) in [6, 6.07) is 0. The quantitative estimate of drug-likeness (QED) is 0.0222. The van der Waals surface area contributed by atoms with E-state index < -0.39 is 97.5 Å². The van der Waals surface area contributed by atoms with Crippen LogP contribution in [0.25, 0.3) is 0 Å². The van der Waals surface area contributed by atoms with E-state index in [2.05, 4.69) is 41.5 Å². The van der Waals surface area contributed by atoms with Gasteiger partial charge in [0.15, 0.2) is 12.2 Å². The highest BCUT2D eigenvalue weighted by Crippen LogP contribution is 2.45. The van der Waals surface area contributed by atoms with Gasteiger partial charge >= 0.3 is 39.5 Å². The van der Waals surface area contributed by atoms with E-state index in [0.717, 1.165) is 102 Å². The van der Waals surface area contributed by atoms with Crippen LogP contribution in [0.3, 0.4) is 0 Å². The third kappa shape index (κ3) is 70.9. The average molecular weight is 1420 g/mol. The predicted octanol–water partition coefficient (Wildman–Crippen LogP) is 23.1. The average Bonchev–Trinajstić information content (AvgIpc) is 1.12. The second-order valence-electron chi connectivity index (χ2n) is 28.8. The van der Waals surface area contributed by atoms with E-state index >= 15 is 0 Å². The molecular formula is C78H152O17P2. The molecule has 6 atom stereocenters. The van der Waals surface area contributed by atoms with Crippen LogP contribution in [0, 0.1) is 11.8 Å². The van der Waals surface area contributed by atoms with Crippen LogP contribution in [0.15, 0.2) is 0 Å². The Labute approximate surface area is 594 Å². The number of aliphatic hydroxyl groups excluding tert-OH is 1. The monoisotopic (exact) mass is 1420 g/mol. The maximum absolute atomic E-state index is 13.1. The number of hydrogen-bond acceptors (Lipinski definition) is 15. The zero-order valence-corrected chi connectivity index (χ0v) is 65.2. The summed E-state index contributed by atoms with van der Waals surface area (Å²) in [5.74, 6) is -0.618.